The lowest BCUT2D eigenvalue weighted by atomic mass is 9.96. The van der Waals surface area contributed by atoms with Crippen LogP contribution >= 0.6 is 0 Å². The third kappa shape index (κ3) is 1.55. The molecular weight excluding hydrogens is 177 g/mol. The van der Waals surface area contributed by atoms with Gasteiger partial charge in [-0.15, -0.1) is 0 Å². The SMILES string of the molecule is CC(C)c1ccc(F)c(C2(N)CC2)c1. The van der Waals surface area contributed by atoms with Gasteiger partial charge in [0.05, 0.1) is 0 Å². The summed E-state index contributed by atoms with van der Waals surface area (Å²) in [5.41, 5.74) is 7.49. The van der Waals surface area contributed by atoms with E-state index in [1.165, 1.54) is 6.07 Å². The Morgan fingerprint density at radius 1 is 1.36 bits per heavy atom. The van der Waals surface area contributed by atoms with E-state index < -0.39 is 0 Å². The summed E-state index contributed by atoms with van der Waals surface area (Å²) in [6.45, 7) is 4.21. The van der Waals surface area contributed by atoms with Gasteiger partial charge in [0.2, 0.25) is 0 Å². The molecule has 76 valence electrons. The fourth-order valence-corrected chi connectivity index (χ4v) is 1.69. The molecular formula is C12H16FN. The zero-order valence-corrected chi connectivity index (χ0v) is 8.68. The van der Waals surface area contributed by atoms with Gasteiger partial charge in [-0.1, -0.05) is 26.0 Å². The lowest BCUT2D eigenvalue weighted by Gasteiger charge is -2.13. The summed E-state index contributed by atoms with van der Waals surface area (Å²) in [4.78, 5) is 0. The number of rotatable bonds is 2. The van der Waals surface area contributed by atoms with Crippen LogP contribution in [0.25, 0.3) is 0 Å². The van der Waals surface area contributed by atoms with E-state index >= 15 is 0 Å². The molecule has 0 radical (unpaired) electrons. The first-order valence-corrected chi connectivity index (χ1v) is 5.12. The molecule has 0 aliphatic heterocycles. The van der Waals surface area contributed by atoms with E-state index in [-0.39, 0.29) is 11.4 Å². The Bertz CT molecular complexity index is 353. The van der Waals surface area contributed by atoms with Crippen LogP contribution in [0.3, 0.4) is 0 Å². The second-order valence-corrected chi connectivity index (χ2v) is 4.55. The largest absolute Gasteiger partial charge is 0.321 e. The average molecular weight is 193 g/mol. The number of hydrogen-bond donors (Lipinski definition) is 1. The summed E-state index contributed by atoms with van der Waals surface area (Å²) in [6, 6.07) is 5.31. The zero-order chi connectivity index (χ0) is 10.3. The van der Waals surface area contributed by atoms with Gasteiger partial charge in [-0.05, 0) is 30.4 Å². The molecule has 2 rings (SSSR count). The first-order valence-electron chi connectivity index (χ1n) is 5.12. The summed E-state index contributed by atoms with van der Waals surface area (Å²) in [6.07, 6.45) is 1.82. The molecule has 0 heterocycles. The van der Waals surface area contributed by atoms with E-state index in [0.29, 0.717) is 11.5 Å². The van der Waals surface area contributed by atoms with Crippen molar-refractivity contribution in [1.82, 2.24) is 0 Å². The van der Waals surface area contributed by atoms with Gasteiger partial charge in [0.1, 0.15) is 5.82 Å². The molecule has 1 fully saturated rings. The Hall–Kier alpha value is -0.890. The second kappa shape index (κ2) is 3.06. The van der Waals surface area contributed by atoms with Crippen LogP contribution < -0.4 is 5.73 Å². The fraction of sp³-hybridized carbons (Fsp3) is 0.500. The number of hydrogen-bond acceptors (Lipinski definition) is 1. The van der Waals surface area contributed by atoms with E-state index in [1.54, 1.807) is 0 Å². The van der Waals surface area contributed by atoms with Gasteiger partial charge in [0.25, 0.3) is 0 Å². The Morgan fingerprint density at radius 2 is 2.00 bits per heavy atom. The maximum absolute atomic E-state index is 13.5. The molecule has 1 saturated carbocycles. The molecule has 1 nitrogen and oxygen atoms in total. The van der Waals surface area contributed by atoms with Crippen LogP contribution in [0.5, 0.6) is 0 Å². The van der Waals surface area contributed by atoms with Crippen LogP contribution in [-0.4, -0.2) is 0 Å². The Morgan fingerprint density at radius 3 is 2.50 bits per heavy atom. The lowest BCUT2D eigenvalue weighted by Crippen LogP contribution is -2.20. The van der Waals surface area contributed by atoms with Gasteiger partial charge in [-0.3, -0.25) is 0 Å². The minimum Gasteiger partial charge on any atom is -0.321 e. The van der Waals surface area contributed by atoms with Gasteiger partial charge < -0.3 is 5.73 Å². The second-order valence-electron chi connectivity index (χ2n) is 4.55. The highest BCUT2D eigenvalue weighted by molar-refractivity contribution is 5.35. The number of nitrogens with two attached hydrogens (primary N) is 1. The van der Waals surface area contributed by atoms with Crippen molar-refractivity contribution in [3.05, 3.63) is 35.1 Å². The van der Waals surface area contributed by atoms with Crippen LogP contribution in [0.15, 0.2) is 18.2 Å². The minimum absolute atomic E-state index is 0.158. The molecule has 0 saturated heterocycles. The summed E-state index contributed by atoms with van der Waals surface area (Å²) >= 11 is 0. The van der Waals surface area contributed by atoms with E-state index in [0.717, 1.165) is 18.4 Å². The summed E-state index contributed by atoms with van der Waals surface area (Å²) < 4.78 is 13.5. The van der Waals surface area contributed by atoms with Crippen molar-refractivity contribution >= 4 is 0 Å². The highest BCUT2D eigenvalue weighted by Gasteiger charge is 2.42. The van der Waals surface area contributed by atoms with Crippen molar-refractivity contribution in [2.24, 2.45) is 5.73 Å². The zero-order valence-electron chi connectivity index (χ0n) is 8.68. The van der Waals surface area contributed by atoms with Gasteiger partial charge in [0.15, 0.2) is 0 Å². The summed E-state index contributed by atoms with van der Waals surface area (Å²) in [7, 11) is 0. The molecule has 0 aromatic heterocycles. The molecule has 0 atom stereocenters. The lowest BCUT2D eigenvalue weighted by molar-refractivity contribution is 0.576. The predicted molar refractivity (Wildman–Crippen MR) is 55.6 cm³/mol. The van der Waals surface area contributed by atoms with Gasteiger partial charge in [-0.25, -0.2) is 4.39 Å². The first-order chi connectivity index (χ1) is 6.53. The molecule has 14 heavy (non-hydrogen) atoms. The smallest absolute Gasteiger partial charge is 0.128 e. The van der Waals surface area contributed by atoms with Crippen LogP contribution in [0.4, 0.5) is 4.39 Å². The van der Waals surface area contributed by atoms with E-state index in [2.05, 4.69) is 13.8 Å². The van der Waals surface area contributed by atoms with Crippen molar-refractivity contribution < 1.29 is 4.39 Å². The van der Waals surface area contributed by atoms with Crippen molar-refractivity contribution in [2.45, 2.75) is 38.1 Å². The van der Waals surface area contributed by atoms with Gasteiger partial charge in [-0.2, -0.15) is 0 Å². The monoisotopic (exact) mass is 193 g/mol. The quantitative estimate of drug-likeness (QED) is 0.767. The Labute approximate surface area is 84.1 Å². The standard InChI is InChI=1S/C12H16FN/c1-8(2)9-3-4-11(13)10(7-9)12(14)5-6-12/h3-4,7-8H,5-6,14H2,1-2H3. The highest BCUT2D eigenvalue weighted by Crippen LogP contribution is 2.44. The highest BCUT2D eigenvalue weighted by atomic mass is 19.1. The van der Waals surface area contributed by atoms with Gasteiger partial charge in [0, 0.05) is 11.1 Å². The number of benzene rings is 1. The first kappa shape index (κ1) is 9.66. The Balaban J connectivity index is 2.43. The molecule has 0 bridgehead atoms. The fourth-order valence-electron chi connectivity index (χ4n) is 1.69. The molecule has 0 unspecified atom stereocenters. The molecule has 1 aliphatic rings. The maximum atomic E-state index is 13.5. The van der Waals surface area contributed by atoms with E-state index in [9.17, 15) is 4.39 Å². The molecule has 1 aliphatic carbocycles. The van der Waals surface area contributed by atoms with Crippen molar-refractivity contribution in [1.29, 1.82) is 0 Å². The van der Waals surface area contributed by atoms with E-state index in [4.69, 9.17) is 5.73 Å². The van der Waals surface area contributed by atoms with Crippen LogP contribution in [0, 0.1) is 5.82 Å². The maximum Gasteiger partial charge on any atom is 0.128 e. The van der Waals surface area contributed by atoms with Gasteiger partial charge >= 0.3 is 0 Å². The summed E-state index contributed by atoms with van der Waals surface area (Å²) in [5.74, 6) is 0.270. The topological polar surface area (TPSA) is 26.0 Å². The normalized spacial score (nSPS) is 18.6. The van der Waals surface area contributed by atoms with Crippen molar-refractivity contribution in [3.63, 3.8) is 0 Å². The van der Waals surface area contributed by atoms with Crippen molar-refractivity contribution in [2.75, 3.05) is 0 Å². The van der Waals surface area contributed by atoms with Crippen molar-refractivity contribution in [3.8, 4) is 0 Å². The third-order valence-corrected chi connectivity index (χ3v) is 2.98. The average Bonchev–Trinajstić information content (AvgIpc) is 2.85. The van der Waals surface area contributed by atoms with E-state index in [1.807, 2.05) is 12.1 Å². The molecule has 1 aromatic carbocycles. The van der Waals surface area contributed by atoms with Crippen LogP contribution in [0.1, 0.15) is 43.7 Å². The predicted octanol–water partition coefficient (Wildman–Crippen LogP) is 2.90. The summed E-state index contributed by atoms with van der Waals surface area (Å²) in [5, 5.41) is 0. The molecule has 0 amide bonds. The van der Waals surface area contributed by atoms with Crippen LogP contribution in [-0.2, 0) is 5.54 Å². The third-order valence-electron chi connectivity index (χ3n) is 2.98. The molecule has 0 spiro atoms. The molecule has 2 N–H and O–H groups in total. The Kier molecular flexibility index (Phi) is 2.11. The molecule has 2 heteroatoms. The van der Waals surface area contributed by atoms with Crippen LogP contribution in [0.2, 0.25) is 0 Å². The minimum atomic E-state index is -0.366. The number of halogens is 1. The molecule has 1 aromatic rings.